The minimum Gasteiger partial charge on any atom is -0.438 e. The number of primary amides is 1. The van der Waals surface area contributed by atoms with Crippen LogP contribution in [0, 0.1) is 29.1 Å². The van der Waals surface area contributed by atoms with Crippen LogP contribution >= 0.6 is 18.9 Å². The van der Waals surface area contributed by atoms with E-state index in [0.717, 1.165) is 56.1 Å². The maximum absolute atomic E-state index is 16.3. The lowest BCUT2D eigenvalue weighted by Crippen LogP contribution is -2.58. The Kier molecular flexibility index (Phi) is 28.8. The number of nitrogens with two attached hydrogens (primary N) is 1. The van der Waals surface area contributed by atoms with E-state index in [1.165, 1.54) is 69.6 Å². The molecule has 3 aliphatic heterocycles. The van der Waals surface area contributed by atoms with Gasteiger partial charge in [0.15, 0.2) is 5.78 Å². The van der Waals surface area contributed by atoms with Crippen LogP contribution in [-0.2, 0) is 119 Å². The lowest BCUT2D eigenvalue weighted by atomic mass is 9.85. The predicted molar refractivity (Wildman–Crippen MR) is 395 cm³/mol. The molecule has 5 aromatic rings. The Balaban J connectivity index is 0.791. The predicted octanol–water partition coefficient (Wildman–Crippen LogP) is 10.1. The van der Waals surface area contributed by atoms with Crippen LogP contribution in [0.15, 0.2) is 103 Å². The van der Waals surface area contributed by atoms with Crippen LogP contribution in [0.25, 0.3) is 16.0 Å². The summed E-state index contributed by atoms with van der Waals surface area (Å²) >= 11 is 1.55. The van der Waals surface area contributed by atoms with E-state index in [-0.39, 0.29) is 78.0 Å². The van der Waals surface area contributed by atoms with E-state index in [1.54, 1.807) is 51.5 Å². The number of aromatic nitrogens is 1. The van der Waals surface area contributed by atoms with Crippen molar-refractivity contribution in [1.29, 1.82) is 0 Å². The van der Waals surface area contributed by atoms with Gasteiger partial charge in [-0.05, 0) is 144 Å². The van der Waals surface area contributed by atoms with Crippen LogP contribution in [-0.4, -0.2) is 151 Å². The fourth-order valence-electron chi connectivity index (χ4n) is 12.4. The molecular formula is C78H100F2N7O18PS. The molecule has 0 unspecified atom stereocenters. The number of ether oxygens (including phenoxy) is 5. The zero-order valence-corrected chi connectivity index (χ0v) is 64.5. The molecule has 0 aliphatic carbocycles. The lowest BCUT2D eigenvalue weighted by Gasteiger charge is -2.35. The molecule has 25 nitrogen and oxygen atoms in total. The molecule has 0 radical (unpaired) electrons. The molecule has 1 saturated heterocycles. The highest BCUT2D eigenvalue weighted by atomic mass is 32.1. The number of carbonyl (C=O) groups is 9. The van der Waals surface area contributed by atoms with Gasteiger partial charge in [-0.1, -0.05) is 112 Å². The van der Waals surface area contributed by atoms with Gasteiger partial charge in [0.05, 0.1) is 77.3 Å². The van der Waals surface area contributed by atoms with Crippen LogP contribution in [0.3, 0.4) is 0 Å². The van der Waals surface area contributed by atoms with E-state index in [0.29, 0.717) is 36.3 Å². The number of alkyl halides is 2. The molecule has 7 atom stereocenters. The number of thiazole rings is 1. The van der Waals surface area contributed by atoms with E-state index >= 15 is 8.78 Å². The summed E-state index contributed by atoms with van der Waals surface area (Å²) in [5.74, 6) is -5.95. The number of aliphatic hydroxyl groups is 1. The lowest BCUT2D eigenvalue weighted by molar-refractivity contribution is -0.163. The van der Waals surface area contributed by atoms with E-state index in [2.05, 4.69) is 20.9 Å². The molecule has 6 N–H and O–H groups in total. The van der Waals surface area contributed by atoms with E-state index < -0.39 is 144 Å². The Labute approximate surface area is 627 Å². The summed E-state index contributed by atoms with van der Waals surface area (Å²) in [4.78, 5) is 129. The number of carbonyl (C=O) groups excluding carboxylic acids is 9. The second kappa shape index (κ2) is 36.6. The first-order valence-electron chi connectivity index (χ1n) is 35.7. The Morgan fingerprint density at radius 2 is 1.40 bits per heavy atom. The minimum atomic E-state index is -5.61. The van der Waals surface area contributed by atoms with Gasteiger partial charge in [0, 0.05) is 50.3 Å². The number of hydrogen-bond donors (Lipinski definition) is 5. The van der Waals surface area contributed by atoms with Crippen LogP contribution in [0.1, 0.15) is 153 Å². The van der Waals surface area contributed by atoms with Gasteiger partial charge in [-0.3, -0.25) is 61.7 Å². The average Bonchev–Trinajstić information content (AvgIpc) is 1.66. The smallest absolute Gasteiger partial charge is 0.410 e. The Morgan fingerprint density at radius 3 is 2.01 bits per heavy atom. The maximum atomic E-state index is 16.3. The molecule has 3 aliphatic rings. The largest absolute Gasteiger partial charge is 0.438 e. The van der Waals surface area contributed by atoms with Gasteiger partial charge >= 0.3 is 25.2 Å². The number of para-hydroxylation sites is 1. The molecule has 107 heavy (non-hydrogen) atoms. The summed E-state index contributed by atoms with van der Waals surface area (Å²) in [5, 5.41) is 19.4. The molecule has 1 aromatic heterocycles. The number of ketones is 1. The maximum Gasteiger partial charge on any atom is 0.410 e. The number of anilines is 1. The molecule has 4 heterocycles. The number of benzene rings is 4. The average molecular weight is 1520 g/mol. The van der Waals surface area contributed by atoms with Gasteiger partial charge in [0.2, 0.25) is 49.0 Å². The summed E-state index contributed by atoms with van der Waals surface area (Å²) in [5.41, 5.74) is 6.79. The highest BCUT2D eigenvalue weighted by Crippen LogP contribution is 2.67. The third-order valence-electron chi connectivity index (χ3n) is 18.7. The molecule has 0 saturated carbocycles. The van der Waals surface area contributed by atoms with E-state index in [4.69, 9.17) is 38.5 Å². The number of aliphatic hydroxyl groups excluding tert-OH is 1. The first-order valence-corrected chi connectivity index (χ1v) is 38.1. The van der Waals surface area contributed by atoms with Crippen molar-refractivity contribution in [3.63, 3.8) is 0 Å². The molecule has 6 amide bonds. The third-order valence-corrected chi connectivity index (χ3v) is 21.5. The summed E-state index contributed by atoms with van der Waals surface area (Å²) in [6, 6.07) is 21.7. The highest BCUT2D eigenvalue weighted by molar-refractivity contribution is 7.54. The summed E-state index contributed by atoms with van der Waals surface area (Å²) < 4.78 is 84.1. The fraction of sp³-hybridized carbons (Fsp3) is 0.513. The molecule has 29 heteroatoms. The quantitative estimate of drug-likeness (QED) is 0.00827. The van der Waals surface area contributed by atoms with Crippen molar-refractivity contribution in [1.82, 2.24) is 25.8 Å². The van der Waals surface area contributed by atoms with Gasteiger partial charge < -0.3 is 55.4 Å². The van der Waals surface area contributed by atoms with E-state index in [1.807, 2.05) is 73.7 Å². The van der Waals surface area contributed by atoms with Gasteiger partial charge in [-0.25, -0.2) is 4.98 Å². The van der Waals surface area contributed by atoms with E-state index in [9.17, 15) is 52.8 Å². The van der Waals surface area contributed by atoms with Crippen molar-refractivity contribution >= 4 is 83.4 Å². The third kappa shape index (κ3) is 22.6. The number of aryl methyl sites for hydroxylation is 2. The van der Waals surface area contributed by atoms with Crippen molar-refractivity contribution in [2.45, 2.75) is 190 Å². The number of hydrogen-bond acceptors (Lipinski definition) is 20. The number of halogens is 2. The minimum absolute atomic E-state index is 0.0536. The Morgan fingerprint density at radius 1 is 0.785 bits per heavy atom. The number of amides is 6. The van der Waals surface area contributed by atoms with Crippen molar-refractivity contribution in [2.24, 2.45) is 27.9 Å². The second-order valence-electron chi connectivity index (χ2n) is 30.4. The first kappa shape index (κ1) is 84.2. The Bertz CT molecular complexity index is 4040. The second-order valence-corrected chi connectivity index (χ2v) is 33.3. The molecule has 4 aromatic carbocycles. The molecular weight excluding hydrogens is 1420 g/mol. The van der Waals surface area contributed by atoms with Crippen molar-refractivity contribution in [3.05, 3.63) is 147 Å². The summed E-state index contributed by atoms with van der Waals surface area (Å²) in [6.45, 7) is 18.0. The van der Waals surface area contributed by atoms with Crippen molar-refractivity contribution in [2.75, 3.05) is 51.5 Å². The normalized spacial score (nSPS) is 17.9. The molecule has 580 valence electrons. The summed E-state index contributed by atoms with van der Waals surface area (Å²) in [6.07, 6.45) is 1.00. The molecule has 0 spiro atoms. The van der Waals surface area contributed by atoms with Gasteiger partial charge in [-0.15, -0.1) is 11.3 Å². The van der Waals surface area contributed by atoms with Gasteiger partial charge in [0.25, 0.3) is 0 Å². The number of rotatable bonds is 35. The number of nitrogens with one attached hydrogen (secondary N) is 3. The zero-order chi connectivity index (χ0) is 78.3. The summed E-state index contributed by atoms with van der Waals surface area (Å²) in [7, 11) is -5.61. The van der Waals surface area contributed by atoms with Crippen molar-refractivity contribution in [3.8, 4) is 10.4 Å². The molecule has 1 fully saturated rings. The molecule has 0 bridgehead atoms. The zero-order valence-electron chi connectivity index (χ0n) is 62.8. The van der Waals surface area contributed by atoms with Crippen LogP contribution in [0.5, 0.6) is 0 Å². The highest BCUT2D eigenvalue weighted by Gasteiger charge is 2.56. The molecule has 8 rings (SSSR count). The SMILES string of the molecule is C/C(=C\C(=O)C[C@H]1CCc2cccc3c2N(C1=O)[C@H](C(=O)N[C@@H](CCC(N)=O)[C@@H](C)OCc1ccc(CCOCCOCC(=O)N[C@H](C(=O)N2C[C@H](O)C[C@H]2C(=O)NCc2ccc(-c4scnc4C)cc2)C(C)(C)C)cc1)C3)c1ccc(C(F)(F)P(=O)(OCOC(=O)C(C)(C)C)OCOC(=O)C(C)(C)C)cc1. The van der Waals surface area contributed by atoms with Crippen molar-refractivity contribution < 1.29 is 94.3 Å². The monoisotopic (exact) mass is 1520 g/mol. The standard InChI is InChI=1S/C78H100F2N7O18PS/c1-47(53-26-28-58(29-27-53)78(79,80)106(98,104-45-102-73(96)76(7,8)9)105-46-103-74(97)77(10,11)12)36-59(88)37-57-25-24-54-14-13-15-56-38-63(87(66(54)56)71(57)94)70(93)84-61(30-31-64(81)90)49(3)101-42-52-18-16-50(17-19-52)32-33-99-34-35-100-43-65(91)85-68(75(4,5)6)72(95)86-41-60(89)39-62(86)69(92)82-40-51-20-22-55(23-21-51)67-48(2)83-44-107-67/h13-23,26-29,36,44,49,57,60-63,68,89H,24-25,30-35,37-43,45-46H2,1-12H3,(H2,81,90)(H,82,92)(H,84,93)(H,85,91)/b47-36+/t49-,57-,60-,61+,62+,63+,68-/m1/s1. The number of nitrogens with zero attached hydrogens (tertiary/aromatic N) is 3. The fourth-order valence-corrected chi connectivity index (χ4v) is 14.5. The Hall–Kier alpha value is -8.47. The van der Waals surface area contributed by atoms with Crippen LogP contribution < -0.4 is 26.6 Å². The van der Waals surface area contributed by atoms with Crippen LogP contribution in [0.2, 0.25) is 0 Å². The number of β-amino-alcohol motifs (C(OH)–C–C–N with tert-alkyl or cyclic N) is 1. The number of allylic oxidation sites excluding steroid dienone is 2. The number of esters is 2. The number of likely N-dealkylation sites (tertiary alicyclic amines) is 1. The van der Waals surface area contributed by atoms with Gasteiger partial charge in [0.1, 0.15) is 24.7 Å². The first-order chi connectivity index (χ1) is 50.3. The van der Waals surface area contributed by atoms with Gasteiger partial charge in [-0.2, -0.15) is 8.78 Å². The topological polar surface area (TPSA) is 337 Å². The van der Waals surface area contributed by atoms with Crippen LogP contribution in [0.4, 0.5) is 14.5 Å².